The van der Waals surface area contributed by atoms with Crippen LogP contribution in [0.2, 0.25) is 5.02 Å². The minimum absolute atomic E-state index is 0.0792. The van der Waals surface area contributed by atoms with Crippen molar-refractivity contribution in [2.45, 2.75) is 6.54 Å². The highest BCUT2D eigenvalue weighted by Gasteiger charge is 2.24. The number of anilines is 2. The van der Waals surface area contributed by atoms with Crippen molar-refractivity contribution in [3.8, 4) is 11.4 Å². The van der Waals surface area contributed by atoms with E-state index in [4.69, 9.17) is 21.7 Å². The summed E-state index contributed by atoms with van der Waals surface area (Å²) in [6.07, 6.45) is 2.22. The van der Waals surface area contributed by atoms with Crippen LogP contribution in [0.1, 0.15) is 5.56 Å². The molecule has 0 aliphatic carbocycles. The van der Waals surface area contributed by atoms with Gasteiger partial charge >= 0.3 is 6.09 Å². The number of hydrogen-bond acceptors (Lipinski definition) is 8. The Kier molecular flexibility index (Phi) is 6.98. The number of rotatable bonds is 7. The van der Waals surface area contributed by atoms with Crippen molar-refractivity contribution in [1.82, 2.24) is 30.2 Å². The van der Waals surface area contributed by atoms with Crippen molar-refractivity contribution < 1.29 is 14.7 Å². The standard InChI is InChI=1S/C23H23ClN8O3S/c24-16-12-26-21-18(29-20(30-21)15-3-1-14(2-4-15)11-27-23(34)35)19(16)32-8-6-31(7-9-32)13-17(33)28-22-25-5-10-36-22/h1-5,10,12,27H,6-9,11,13H2,(H,34,35)(H,25,28,33)(H,26,29,30). The number of carbonyl (C=O) groups excluding carboxylic acids is 1. The summed E-state index contributed by atoms with van der Waals surface area (Å²) in [5, 5.41) is 16.9. The first-order valence-electron chi connectivity index (χ1n) is 11.2. The molecule has 2 amide bonds. The molecule has 4 aromatic rings. The number of thiazole rings is 1. The van der Waals surface area contributed by atoms with E-state index in [0.717, 1.165) is 16.8 Å². The van der Waals surface area contributed by atoms with E-state index in [-0.39, 0.29) is 12.5 Å². The lowest BCUT2D eigenvalue weighted by atomic mass is 10.1. The van der Waals surface area contributed by atoms with Gasteiger partial charge in [0.05, 0.1) is 23.5 Å². The molecular weight excluding hydrogens is 504 g/mol. The molecule has 0 spiro atoms. The van der Waals surface area contributed by atoms with Gasteiger partial charge in [0.2, 0.25) is 5.91 Å². The first-order valence-corrected chi connectivity index (χ1v) is 12.5. The van der Waals surface area contributed by atoms with Crippen molar-refractivity contribution in [2.24, 2.45) is 0 Å². The molecule has 13 heteroatoms. The first kappa shape index (κ1) is 24.0. The van der Waals surface area contributed by atoms with E-state index < -0.39 is 6.09 Å². The van der Waals surface area contributed by atoms with Gasteiger partial charge in [-0.05, 0) is 5.56 Å². The van der Waals surface area contributed by atoms with Gasteiger partial charge < -0.3 is 25.6 Å². The summed E-state index contributed by atoms with van der Waals surface area (Å²) in [5.41, 5.74) is 3.83. The third-order valence-electron chi connectivity index (χ3n) is 5.85. The Labute approximate surface area is 215 Å². The van der Waals surface area contributed by atoms with Crippen LogP contribution in [-0.2, 0) is 11.3 Å². The summed E-state index contributed by atoms with van der Waals surface area (Å²) in [6, 6.07) is 7.47. The Hall–Kier alpha value is -3.74. The normalized spacial score (nSPS) is 14.2. The molecule has 1 aromatic carbocycles. The summed E-state index contributed by atoms with van der Waals surface area (Å²) in [4.78, 5) is 43.8. The lowest BCUT2D eigenvalue weighted by molar-refractivity contribution is -0.117. The number of imidazole rings is 1. The molecular formula is C23H23ClN8O3S. The highest BCUT2D eigenvalue weighted by molar-refractivity contribution is 7.13. The summed E-state index contributed by atoms with van der Waals surface area (Å²) in [6.45, 7) is 3.32. The van der Waals surface area contributed by atoms with Gasteiger partial charge in [-0.1, -0.05) is 35.9 Å². The van der Waals surface area contributed by atoms with E-state index in [0.29, 0.717) is 59.9 Å². The van der Waals surface area contributed by atoms with Gasteiger partial charge in [-0.15, -0.1) is 11.3 Å². The van der Waals surface area contributed by atoms with Crippen molar-refractivity contribution in [3.05, 3.63) is 52.6 Å². The van der Waals surface area contributed by atoms with E-state index in [9.17, 15) is 9.59 Å². The Morgan fingerprint density at radius 2 is 1.92 bits per heavy atom. The third-order valence-corrected chi connectivity index (χ3v) is 6.81. The van der Waals surface area contributed by atoms with Crippen molar-refractivity contribution in [3.63, 3.8) is 0 Å². The minimum atomic E-state index is -1.06. The SMILES string of the molecule is O=C(O)NCc1ccc(-c2nc3c(N4CCN(CC(=O)Nc5nccs5)CC4)c(Cl)cnc3[nH]2)cc1. The predicted molar refractivity (Wildman–Crippen MR) is 139 cm³/mol. The zero-order valence-electron chi connectivity index (χ0n) is 19.1. The fourth-order valence-corrected chi connectivity index (χ4v) is 4.89. The van der Waals surface area contributed by atoms with Crippen LogP contribution in [0.3, 0.4) is 0 Å². The highest BCUT2D eigenvalue weighted by Crippen LogP contribution is 2.34. The lowest BCUT2D eigenvalue weighted by Gasteiger charge is -2.36. The second-order valence-corrected chi connectivity index (χ2v) is 9.54. The molecule has 0 bridgehead atoms. The molecule has 0 unspecified atom stereocenters. The van der Waals surface area contributed by atoms with Gasteiger partial charge in [0.25, 0.3) is 0 Å². The number of carboxylic acid groups (broad SMARTS) is 1. The minimum Gasteiger partial charge on any atom is -0.465 e. The number of nitrogens with zero attached hydrogens (tertiary/aromatic N) is 5. The second-order valence-electron chi connectivity index (χ2n) is 8.24. The monoisotopic (exact) mass is 526 g/mol. The number of benzene rings is 1. The van der Waals surface area contributed by atoms with Gasteiger partial charge in [0.15, 0.2) is 10.8 Å². The van der Waals surface area contributed by atoms with Crippen LogP contribution in [0.25, 0.3) is 22.6 Å². The molecule has 5 rings (SSSR count). The fourth-order valence-electron chi connectivity index (χ4n) is 4.09. The van der Waals surface area contributed by atoms with Gasteiger partial charge in [-0.2, -0.15) is 0 Å². The van der Waals surface area contributed by atoms with Crippen LogP contribution in [0.5, 0.6) is 0 Å². The maximum absolute atomic E-state index is 12.3. The quantitative estimate of drug-likeness (QED) is 0.288. The molecule has 3 aromatic heterocycles. The van der Waals surface area contributed by atoms with Gasteiger partial charge in [0, 0.05) is 49.9 Å². The maximum Gasteiger partial charge on any atom is 0.404 e. The first-order chi connectivity index (χ1) is 17.5. The predicted octanol–water partition coefficient (Wildman–Crippen LogP) is 3.26. The number of aromatic amines is 1. The largest absolute Gasteiger partial charge is 0.465 e. The Morgan fingerprint density at radius 3 is 2.61 bits per heavy atom. The zero-order chi connectivity index (χ0) is 25.1. The Morgan fingerprint density at radius 1 is 1.14 bits per heavy atom. The van der Waals surface area contributed by atoms with E-state index in [2.05, 4.69) is 35.4 Å². The summed E-state index contributed by atoms with van der Waals surface area (Å²) in [5.74, 6) is 0.570. The number of H-pyrrole nitrogens is 1. The van der Waals surface area contributed by atoms with Crippen molar-refractivity contribution in [1.29, 1.82) is 0 Å². The number of fused-ring (bicyclic) bond motifs is 1. The van der Waals surface area contributed by atoms with Crippen LogP contribution in [0.4, 0.5) is 15.6 Å². The highest BCUT2D eigenvalue weighted by atomic mass is 35.5. The van der Waals surface area contributed by atoms with E-state index >= 15 is 0 Å². The van der Waals surface area contributed by atoms with Gasteiger partial charge in [-0.3, -0.25) is 9.69 Å². The van der Waals surface area contributed by atoms with Crippen LogP contribution in [-0.4, -0.2) is 74.7 Å². The topological polar surface area (TPSA) is 139 Å². The average molecular weight is 527 g/mol. The average Bonchev–Trinajstić information content (AvgIpc) is 3.54. The zero-order valence-corrected chi connectivity index (χ0v) is 20.6. The lowest BCUT2D eigenvalue weighted by Crippen LogP contribution is -2.48. The number of piperazine rings is 1. The molecule has 0 saturated carbocycles. The number of pyridine rings is 1. The Bertz CT molecular complexity index is 1370. The molecule has 1 fully saturated rings. The molecule has 1 aliphatic rings. The van der Waals surface area contributed by atoms with Gasteiger partial charge in [0.1, 0.15) is 11.3 Å². The van der Waals surface area contributed by atoms with Crippen molar-refractivity contribution in [2.75, 3.05) is 42.9 Å². The number of carbonyl (C=O) groups is 2. The molecule has 0 radical (unpaired) electrons. The van der Waals surface area contributed by atoms with E-state index in [1.165, 1.54) is 11.3 Å². The molecule has 1 aliphatic heterocycles. The van der Waals surface area contributed by atoms with Crippen LogP contribution in [0, 0.1) is 0 Å². The van der Waals surface area contributed by atoms with Crippen LogP contribution < -0.4 is 15.5 Å². The summed E-state index contributed by atoms with van der Waals surface area (Å²) < 4.78 is 0. The van der Waals surface area contributed by atoms with Gasteiger partial charge in [-0.25, -0.2) is 19.7 Å². The maximum atomic E-state index is 12.3. The summed E-state index contributed by atoms with van der Waals surface area (Å²) in [7, 11) is 0. The number of aromatic nitrogens is 4. The summed E-state index contributed by atoms with van der Waals surface area (Å²) >= 11 is 7.97. The van der Waals surface area contributed by atoms with Crippen molar-refractivity contribution >= 4 is 56.9 Å². The number of nitrogens with one attached hydrogen (secondary N) is 3. The van der Waals surface area contributed by atoms with E-state index in [1.54, 1.807) is 12.4 Å². The molecule has 4 N–H and O–H groups in total. The molecule has 11 nitrogen and oxygen atoms in total. The fraction of sp³-hybridized carbons (Fsp3) is 0.261. The Balaban J connectivity index is 1.28. The van der Waals surface area contributed by atoms with Crippen LogP contribution in [0.15, 0.2) is 42.0 Å². The number of hydrogen-bond donors (Lipinski definition) is 4. The number of halogens is 1. The second kappa shape index (κ2) is 10.5. The van der Waals surface area contributed by atoms with E-state index in [1.807, 2.05) is 29.6 Å². The molecule has 4 heterocycles. The number of amides is 2. The van der Waals surface area contributed by atoms with Crippen LogP contribution >= 0.6 is 22.9 Å². The molecule has 0 atom stereocenters. The third kappa shape index (κ3) is 5.40. The smallest absolute Gasteiger partial charge is 0.404 e. The molecule has 1 saturated heterocycles. The molecule has 36 heavy (non-hydrogen) atoms. The molecule has 186 valence electrons.